The SMILES string of the molecule is Cc1ccnc(N2CC[C@@]3(CCNC3)C2)n1. The molecule has 0 bridgehead atoms. The highest BCUT2D eigenvalue weighted by Crippen LogP contribution is 2.37. The lowest BCUT2D eigenvalue weighted by Crippen LogP contribution is -2.30. The van der Waals surface area contributed by atoms with Crippen LogP contribution < -0.4 is 10.2 Å². The minimum atomic E-state index is 0.493. The smallest absolute Gasteiger partial charge is 0.225 e. The topological polar surface area (TPSA) is 41.1 Å². The molecule has 0 radical (unpaired) electrons. The van der Waals surface area contributed by atoms with Crippen molar-refractivity contribution in [2.75, 3.05) is 31.1 Å². The Bertz CT molecular complexity index is 384. The first kappa shape index (κ1) is 10.0. The average Bonchev–Trinajstić information content (AvgIpc) is 2.90. The fraction of sp³-hybridized carbons (Fsp3) is 0.667. The Morgan fingerprint density at radius 3 is 3.12 bits per heavy atom. The van der Waals surface area contributed by atoms with E-state index in [0.717, 1.165) is 31.3 Å². The number of nitrogens with one attached hydrogen (secondary N) is 1. The molecule has 86 valence electrons. The summed E-state index contributed by atoms with van der Waals surface area (Å²) in [6, 6.07) is 1.95. The monoisotopic (exact) mass is 218 g/mol. The molecule has 1 N–H and O–H groups in total. The largest absolute Gasteiger partial charge is 0.340 e. The van der Waals surface area contributed by atoms with E-state index in [2.05, 4.69) is 20.2 Å². The zero-order valence-electron chi connectivity index (χ0n) is 9.74. The zero-order valence-corrected chi connectivity index (χ0v) is 9.74. The Labute approximate surface area is 96.1 Å². The van der Waals surface area contributed by atoms with Gasteiger partial charge in [-0.1, -0.05) is 0 Å². The van der Waals surface area contributed by atoms with Gasteiger partial charge in [-0.2, -0.15) is 0 Å². The number of aryl methyl sites for hydroxylation is 1. The molecule has 2 aliphatic heterocycles. The molecule has 4 nitrogen and oxygen atoms in total. The molecule has 16 heavy (non-hydrogen) atoms. The standard InChI is InChI=1S/C12H18N4/c1-10-2-5-14-11(15-10)16-7-4-12(9-16)3-6-13-8-12/h2,5,13H,3-4,6-9H2,1H3/t12-/m1/s1. The van der Waals surface area contributed by atoms with Crippen LogP contribution in [-0.4, -0.2) is 36.1 Å². The van der Waals surface area contributed by atoms with Gasteiger partial charge in [0, 0.05) is 36.9 Å². The van der Waals surface area contributed by atoms with Crippen LogP contribution in [-0.2, 0) is 0 Å². The molecule has 2 saturated heterocycles. The van der Waals surface area contributed by atoms with Gasteiger partial charge in [0.1, 0.15) is 0 Å². The Balaban J connectivity index is 1.78. The van der Waals surface area contributed by atoms with Gasteiger partial charge in [-0.3, -0.25) is 0 Å². The third-order valence-corrected chi connectivity index (χ3v) is 3.84. The first-order valence-electron chi connectivity index (χ1n) is 6.03. The molecule has 1 aromatic heterocycles. The summed E-state index contributed by atoms with van der Waals surface area (Å²) in [6.07, 6.45) is 4.43. The summed E-state index contributed by atoms with van der Waals surface area (Å²) in [5.74, 6) is 0.906. The van der Waals surface area contributed by atoms with Crippen molar-refractivity contribution in [2.24, 2.45) is 5.41 Å². The maximum absolute atomic E-state index is 4.50. The zero-order chi connectivity index (χ0) is 11.0. The second-order valence-corrected chi connectivity index (χ2v) is 5.10. The number of nitrogens with zero attached hydrogens (tertiary/aromatic N) is 3. The summed E-state index contributed by atoms with van der Waals surface area (Å²) in [5, 5.41) is 3.47. The lowest BCUT2D eigenvalue weighted by molar-refractivity contribution is 0.369. The molecule has 0 amide bonds. The van der Waals surface area contributed by atoms with E-state index in [1.54, 1.807) is 0 Å². The van der Waals surface area contributed by atoms with Crippen molar-refractivity contribution < 1.29 is 0 Å². The van der Waals surface area contributed by atoms with E-state index in [9.17, 15) is 0 Å². The van der Waals surface area contributed by atoms with E-state index in [1.165, 1.54) is 19.4 Å². The highest BCUT2D eigenvalue weighted by atomic mass is 15.3. The molecule has 3 rings (SSSR count). The van der Waals surface area contributed by atoms with Gasteiger partial charge in [-0.25, -0.2) is 9.97 Å². The van der Waals surface area contributed by atoms with Gasteiger partial charge in [-0.05, 0) is 32.4 Å². The van der Waals surface area contributed by atoms with E-state index < -0.39 is 0 Å². The van der Waals surface area contributed by atoms with E-state index in [0.29, 0.717) is 5.41 Å². The summed E-state index contributed by atoms with van der Waals surface area (Å²) in [4.78, 5) is 11.2. The third kappa shape index (κ3) is 1.67. The van der Waals surface area contributed by atoms with E-state index in [-0.39, 0.29) is 0 Å². The van der Waals surface area contributed by atoms with Gasteiger partial charge < -0.3 is 10.2 Å². The summed E-state index contributed by atoms with van der Waals surface area (Å²) >= 11 is 0. The number of hydrogen-bond acceptors (Lipinski definition) is 4. The number of hydrogen-bond donors (Lipinski definition) is 1. The maximum Gasteiger partial charge on any atom is 0.225 e. The van der Waals surface area contributed by atoms with Crippen molar-refractivity contribution in [2.45, 2.75) is 19.8 Å². The van der Waals surface area contributed by atoms with Gasteiger partial charge >= 0.3 is 0 Å². The van der Waals surface area contributed by atoms with Gasteiger partial charge in [0.05, 0.1) is 0 Å². The fourth-order valence-electron chi connectivity index (χ4n) is 2.84. The average molecular weight is 218 g/mol. The molecule has 0 aromatic carbocycles. The van der Waals surface area contributed by atoms with Gasteiger partial charge in [-0.15, -0.1) is 0 Å². The highest BCUT2D eigenvalue weighted by molar-refractivity contribution is 5.33. The first-order valence-corrected chi connectivity index (χ1v) is 6.03. The molecule has 0 aliphatic carbocycles. The van der Waals surface area contributed by atoms with Crippen LogP contribution in [0.5, 0.6) is 0 Å². The van der Waals surface area contributed by atoms with Crippen LogP contribution >= 0.6 is 0 Å². The number of aromatic nitrogens is 2. The van der Waals surface area contributed by atoms with Crippen LogP contribution in [0.1, 0.15) is 18.5 Å². The van der Waals surface area contributed by atoms with Crippen molar-refractivity contribution >= 4 is 5.95 Å². The summed E-state index contributed by atoms with van der Waals surface area (Å²) in [7, 11) is 0. The lowest BCUT2D eigenvalue weighted by Gasteiger charge is -2.22. The second-order valence-electron chi connectivity index (χ2n) is 5.10. The number of anilines is 1. The Kier molecular flexibility index (Phi) is 2.32. The molecule has 2 aliphatic rings. The van der Waals surface area contributed by atoms with Gasteiger partial charge in [0.2, 0.25) is 5.95 Å². The van der Waals surface area contributed by atoms with E-state index in [4.69, 9.17) is 0 Å². The quantitative estimate of drug-likeness (QED) is 0.762. The van der Waals surface area contributed by atoms with Crippen molar-refractivity contribution in [3.05, 3.63) is 18.0 Å². The van der Waals surface area contributed by atoms with Crippen LogP contribution in [0.25, 0.3) is 0 Å². The van der Waals surface area contributed by atoms with Crippen LogP contribution in [0, 0.1) is 12.3 Å². The molecule has 0 unspecified atom stereocenters. The Hall–Kier alpha value is -1.16. The summed E-state index contributed by atoms with van der Waals surface area (Å²) < 4.78 is 0. The van der Waals surface area contributed by atoms with Crippen LogP contribution in [0.4, 0.5) is 5.95 Å². The molecular formula is C12H18N4. The Morgan fingerprint density at radius 2 is 2.38 bits per heavy atom. The molecule has 2 fully saturated rings. The van der Waals surface area contributed by atoms with Crippen LogP contribution in [0.3, 0.4) is 0 Å². The van der Waals surface area contributed by atoms with E-state index in [1.807, 2.05) is 19.2 Å². The molecule has 1 atom stereocenters. The molecule has 0 saturated carbocycles. The van der Waals surface area contributed by atoms with Crippen LogP contribution in [0.15, 0.2) is 12.3 Å². The fourth-order valence-corrected chi connectivity index (χ4v) is 2.84. The molecule has 1 spiro atoms. The summed E-state index contributed by atoms with van der Waals surface area (Å²) in [5.41, 5.74) is 1.54. The second kappa shape index (κ2) is 3.70. The predicted molar refractivity (Wildman–Crippen MR) is 63.5 cm³/mol. The first-order chi connectivity index (χ1) is 7.77. The van der Waals surface area contributed by atoms with E-state index >= 15 is 0 Å². The Morgan fingerprint density at radius 1 is 1.44 bits per heavy atom. The highest BCUT2D eigenvalue weighted by Gasteiger charge is 2.40. The maximum atomic E-state index is 4.50. The molecule has 4 heteroatoms. The molecule has 1 aromatic rings. The third-order valence-electron chi connectivity index (χ3n) is 3.84. The minimum absolute atomic E-state index is 0.493. The lowest BCUT2D eigenvalue weighted by atomic mass is 9.87. The molecule has 3 heterocycles. The predicted octanol–water partition coefficient (Wildman–Crippen LogP) is 0.975. The minimum Gasteiger partial charge on any atom is -0.340 e. The normalized spacial score (nSPS) is 29.2. The van der Waals surface area contributed by atoms with Gasteiger partial charge in [0.15, 0.2) is 0 Å². The summed E-state index contributed by atoms with van der Waals surface area (Å²) in [6.45, 7) is 6.57. The van der Waals surface area contributed by atoms with Crippen molar-refractivity contribution in [1.29, 1.82) is 0 Å². The van der Waals surface area contributed by atoms with Crippen molar-refractivity contribution in [3.63, 3.8) is 0 Å². The van der Waals surface area contributed by atoms with Crippen LogP contribution in [0.2, 0.25) is 0 Å². The van der Waals surface area contributed by atoms with Crippen molar-refractivity contribution in [3.8, 4) is 0 Å². The van der Waals surface area contributed by atoms with Gasteiger partial charge in [0.25, 0.3) is 0 Å². The number of rotatable bonds is 1. The molecular weight excluding hydrogens is 200 g/mol. The van der Waals surface area contributed by atoms with Crippen molar-refractivity contribution in [1.82, 2.24) is 15.3 Å².